The Bertz CT molecular complexity index is 1350. The largest absolute Gasteiger partial charge is 0.352 e. The van der Waals surface area contributed by atoms with Crippen LogP contribution in [0.1, 0.15) is 26.5 Å². The second-order valence-corrected chi connectivity index (χ2v) is 10.8. The molecule has 3 aromatic carbocycles. The van der Waals surface area contributed by atoms with Crippen LogP contribution in [-0.4, -0.2) is 25.9 Å². The number of carbonyl (C=O) groups excluding carboxylic acids is 1. The summed E-state index contributed by atoms with van der Waals surface area (Å²) in [6.07, 6.45) is 0.699. The number of nitrogens with one attached hydrogen (secondary N) is 1. The monoisotopic (exact) mass is 476 g/mol. The van der Waals surface area contributed by atoms with Crippen molar-refractivity contribution in [1.29, 1.82) is 0 Å². The summed E-state index contributed by atoms with van der Waals surface area (Å²) < 4.78 is 25.2. The molecule has 0 aliphatic rings. The summed E-state index contributed by atoms with van der Waals surface area (Å²) in [4.78, 5) is 17.4. The van der Waals surface area contributed by atoms with Crippen molar-refractivity contribution < 1.29 is 13.2 Å². The first-order valence-corrected chi connectivity index (χ1v) is 13.1. The van der Waals surface area contributed by atoms with E-state index in [-0.39, 0.29) is 16.6 Å². The van der Waals surface area contributed by atoms with Gasteiger partial charge in [-0.1, -0.05) is 54.6 Å². The number of rotatable bonds is 8. The van der Waals surface area contributed by atoms with Crippen LogP contribution in [0.2, 0.25) is 0 Å². The van der Waals surface area contributed by atoms with Crippen LogP contribution in [0.25, 0.3) is 11.3 Å². The van der Waals surface area contributed by atoms with Crippen molar-refractivity contribution in [2.24, 2.45) is 0 Å². The number of nitrogens with zero attached hydrogens (tertiary/aromatic N) is 1. The first-order chi connectivity index (χ1) is 15.9. The zero-order chi connectivity index (χ0) is 23.3. The maximum atomic E-state index is 12.6. The van der Waals surface area contributed by atoms with Gasteiger partial charge < -0.3 is 5.32 Å². The van der Waals surface area contributed by atoms with Gasteiger partial charge in [-0.15, -0.1) is 11.3 Å². The van der Waals surface area contributed by atoms with Gasteiger partial charge in [0.25, 0.3) is 5.91 Å². The van der Waals surface area contributed by atoms with Gasteiger partial charge in [0.15, 0.2) is 9.84 Å². The van der Waals surface area contributed by atoms with E-state index in [2.05, 4.69) is 10.3 Å². The van der Waals surface area contributed by atoms with E-state index in [4.69, 9.17) is 0 Å². The molecule has 0 atom stereocenters. The van der Waals surface area contributed by atoms with Crippen LogP contribution >= 0.6 is 11.3 Å². The normalized spacial score (nSPS) is 11.3. The first kappa shape index (κ1) is 22.9. The van der Waals surface area contributed by atoms with Crippen molar-refractivity contribution in [3.63, 3.8) is 0 Å². The lowest BCUT2D eigenvalue weighted by Gasteiger charge is -2.09. The van der Waals surface area contributed by atoms with E-state index in [1.807, 2.05) is 36.6 Å². The Morgan fingerprint density at radius 3 is 2.39 bits per heavy atom. The van der Waals surface area contributed by atoms with E-state index >= 15 is 0 Å². The second kappa shape index (κ2) is 10.1. The van der Waals surface area contributed by atoms with Crippen LogP contribution in [0.4, 0.5) is 0 Å². The number of aryl methyl sites for hydroxylation is 1. The molecule has 7 heteroatoms. The number of hydrogen-bond donors (Lipinski definition) is 1. The molecule has 1 N–H and O–H groups in total. The number of sulfone groups is 1. The molecule has 4 aromatic rings. The van der Waals surface area contributed by atoms with E-state index in [0.717, 1.165) is 21.8 Å². The Morgan fingerprint density at radius 2 is 1.70 bits per heavy atom. The number of aromatic nitrogens is 1. The molecule has 5 nitrogen and oxygen atoms in total. The summed E-state index contributed by atoms with van der Waals surface area (Å²) in [6.45, 7) is 2.48. The molecular formula is C26H24N2O3S2. The quantitative estimate of drug-likeness (QED) is 0.385. The Kier molecular flexibility index (Phi) is 7.01. The van der Waals surface area contributed by atoms with Gasteiger partial charge in [-0.05, 0) is 48.7 Å². The molecule has 0 aliphatic carbocycles. The summed E-state index contributed by atoms with van der Waals surface area (Å²) in [7, 11) is -3.47. The zero-order valence-corrected chi connectivity index (χ0v) is 19.8. The molecule has 0 fully saturated rings. The lowest BCUT2D eigenvalue weighted by molar-refractivity contribution is 0.0954. The average Bonchev–Trinajstić information content (AvgIpc) is 3.26. The molecule has 0 saturated carbocycles. The predicted octanol–water partition coefficient (Wildman–Crippen LogP) is 5.06. The third kappa shape index (κ3) is 5.94. The average molecular weight is 477 g/mol. The van der Waals surface area contributed by atoms with Crippen LogP contribution < -0.4 is 5.32 Å². The van der Waals surface area contributed by atoms with Crippen LogP contribution in [0, 0.1) is 6.92 Å². The van der Waals surface area contributed by atoms with Crippen molar-refractivity contribution in [3.8, 4) is 11.3 Å². The molecule has 4 rings (SSSR count). The number of thiazole rings is 1. The molecule has 168 valence electrons. The maximum Gasteiger partial charge on any atom is 0.251 e. The van der Waals surface area contributed by atoms with Gasteiger partial charge in [-0.3, -0.25) is 4.79 Å². The first-order valence-electron chi connectivity index (χ1n) is 10.6. The Balaban J connectivity index is 1.33. The van der Waals surface area contributed by atoms with Gasteiger partial charge in [0, 0.05) is 23.1 Å². The standard InChI is InChI=1S/C26H24N2O3S2/c1-19-28-25(17-32-19)22-12-10-20(11-13-22)14-15-27-26(29)23-7-5-6-21(16-23)18-33(30,31)24-8-3-2-4-9-24/h2-13,16-17H,14-15,18H2,1H3,(H,27,29). The summed E-state index contributed by atoms with van der Waals surface area (Å²) in [5, 5.41) is 6.01. The minimum Gasteiger partial charge on any atom is -0.352 e. The number of hydrogen-bond acceptors (Lipinski definition) is 5. The Labute approximate surface area is 198 Å². The molecule has 0 unspecified atom stereocenters. The van der Waals surface area contributed by atoms with Crippen molar-refractivity contribution in [3.05, 3.63) is 106 Å². The molecule has 1 aromatic heterocycles. The molecule has 0 bridgehead atoms. The summed E-state index contributed by atoms with van der Waals surface area (Å²) in [5.74, 6) is -0.369. The van der Waals surface area contributed by atoms with Crippen LogP contribution in [-0.2, 0) is 22.0 Å². The highest BCUT2D eigenvalue weighted by atomic mass is 32.2. The maximum absolute atomic E-state index is 12.6. The summed E-state index contributed by atoms with van der Waals surface area (Å²) >= 11 is 1.63. The second-order valence-electron chi connectivity index (χ2n) is 7.73. The minimum atomic E-state index is -3.47. The van der Waals surface area contributed by atoms with Gasteiger partial charge in [0.1, 0.15) is 0 Å². The fourth-order valence-corrected chi connectivity index (χ4v) is 5.47. The van der Waals surface area contributed by atoms with Crippen LogP contribution in [0.15, 0.2) is 89.1 Å². The lowest BCUT2D eigenvalue weighted by Crippen LogP contribution is -2.25. The van der Waals surface area contributed by atoms with E-state index in [1.54, 1.807) is 65.9 Å². The Morgan fingerprint density at radius 1 is 0.939 bits per heavy atom. The van der Waals surface area contributed by atoms with E-state index in [0.29, 0.717) is 24.1 Å². The number of amides is 1. The van der Waals surface area contributed by atoms with Crippen molar-refractivity contribution >= 4 is 27.1 Å². The topological polar surface area (TPSA) is 76.1 Å². The fraction of sp³-hybridized carbons (Fsp3) is 0.154. The number of carbonyl (C=O) groups is 1. The highest BCUT2D eigenvalue weighted by Gasteiger charge is 2.16. The minimum absolute atomic E-state index is 0.150. The highest BCUT2D eigenvalue weighted by Crippen LogP contribution is 2.22. The molecular weight excluding hydrogens is 452 g/mol. The van der Waals surface area contributed by atoms with Gasteiger partial charge in [-0.25, -0.2) is 13.4 Å². The third-order valence-corrected chi connectivity index (χ3v) is 7.69. The predicted molar refractivity (Wildman–Crippen MR) is 132 cm³/mol. The summed E-state index contributed by atoms with van der Waals surface area (Å²) in [6, 6.07) is 23.3. The van der Waals surface area contributed by atoms with Gasteiger partial charge in [0.05, 0.1) is 21.3 Å². The molecule has 0 radical (unpaired) electrons. The smallest absolute Gasteiger partial charge is 0.251 e. The molecule has 33 heavy (non-hydrogen) atoms. The van der Waals surface area contributed by atoms with Gasteiger partial charge >= 0.3 is 0 Å². The van der Waals surface area contributed by atoms with E-state index in [9.17, 15) is 13.2 Å². The molecule has 0 saturated heterocycles. The van der Waals surface area contributed by atoms with Gasteiger partial charge in [-0.2, -0.15) is 0 Å². The van der Waals surface area contributed by atoms with Crippen molar-refractivity contribution in [2.45, 2.75) is 24.0 Å². The number of benzene rings is 3. The van der Waals surface area contributed by atoms with E-state index < -0.39 is 9.84 Å². The van der Waals surface area contributed by atoms with Crippen molar-refractivity contribution in [1.82, 2.24) is 10.3 Å². The SMILES string of the molecule is Cc1nc(-c2ccc(CCNC(=O)c3cccc(CS(=O)(=O)c4ccccc4)c3)cc2)cs1. The van der Waals surface area contributed by atoms with Crippen LogP contribution in [0.3, 0.4) is 0 Å². The van der Waals surface area contributed by atoms with Gasteiger partial charge in [0.2, 0.25) is 0 Å². The van der Waals surface area contributed by atoms with E-state index in [1.165, 1.54) is 0 Å². The third-order valence-electron chi connectivity index (χ3n) is 5.22. The Hall–Kier alpha value is -3.29. The molecule has 1 heterocycles. The highest BCUT2D eigenvalue weighted by molar-refractivity contribution is 7.90. The molecule has 0 spiro atoms. The van der Waals surface area contributed by atoms with Crippen LogP contribution in [0.5, 0.6) is 0 Å². The molecule has 1 amide bonds. The summed E-state index contributed by atoms with van der Waals surface area (Å²) in [5.41, 5.74) is 4.21. The lowest BCUT2D eigenvalue weighted by atomic mass is 10.1. The molecule has 0 aliphatic heterocycles. The van der Waals surface area contributed by atoms with Crippen molar-refractivity contribution in [2.75, 3.05) is 6.54 Å². The zero-order valence-electron chi connectivity index (χ0n) is 18.2. The fourth-order valence-electron chi connectivity index (χ4n) is 3.49.